The molecule has 1 rings (SSSR count). The molecule has 0 aliphatic carbocycles. The number of nitrogens with two attached hydrogens (primary N) is 1. The molecule has 0 fully saturated rings. The van der Waals surface area contributed by atoms with Crippen LogP contribution >= 0.6 is 11.8 Å². The molecule has 0 aliphatic heterocycles. The highest BCUT2D eigenvalue weighted by Gasteiger charge is 2.00. The van der Waals surface area contributed by atoms with Crippen LogP contribution in [0.2, 0.25) is 0 Å². The number of carbonyl (C=O) groups is 2. The molecular formula is C14H19N5O3S. The maximum absolute atomic E-state index is 11.2. The normalized spacial score (nSPS) is 10.4. The van der Waals surface area contributed by atoms with E-state index < -0.39 is 11.9 Å². The number of carboxylic acid groups (broad SMARTS) is 1. The number of carboxylic acids is 1. The third-order valence-electron chi connectivity index (χ3n) is 2.48. The first kappa shape index (κ1) is 18.5. The van der Waals surface area contributed by atoms with Crippen LogP contribution in [0.25, 0.3) is 0 Å². The number of nitrogens with one attached hydrogen (secondary N) is 3. The van der Waals surface area contributed by atoms with E-state index in [1.54, 1.807) is 17.8 Å². The van der Waals surface area contributed by atoms with Crippen molar-refractivity contribution in [2.45, 2.75) is 17.9 Å². The van der Waals surface area contributed by atoms with E-state index in [1.165, 1.54) is 0 Å². The molecule has 6 N–H and O–H groups in total. The lowest BCUT2D eigenvalue weighted by atomic mass is 10.3. The van der Waals surface area contributed by atoms with E-state index in [-0.39, 0.29) is 5.96 Å². The molecular weight excluding hydrogens is 318 g/mol. The Morgan fingerprint density at radius 1 is 1.35 bits per heavy atom. The molecule has 0 radical (unpaired) electrons. The molecule has 1 heterocycles. The minimum atomic E-state index is -1.15. The third kappa shape index (κ3) is 9.14. The number of rotatable bonds is 9. The average molecular weight is 337 g/mol. The first-order chi connectivity index (χ1) is 11.0. The van der Waals surface area contributed by atoms with Gasteiger partial charge in [0.1, 0.15) is 5.82 Å². The Hall–Kier alpha value is -2.55. The van der Waals surface area contributed by atoms with E-state index in [9.17, 15) is 9.59 Å². The zero-order valence-corrected chi connectivity index (χ0v) is 13.2. The topological polar surface area (TPSA) is 141 Å². The van der Waals surface area contributed by atoms with Crippen molar-refractivity contribution in [1.82, 2.24) is 10.3 Å². The van der Waals surface area contributed by atoms with Crippen LogP contribution in [0.15, 0.2) is 35.4 Å². The third-order valence-corrected chi connectivity index (χ3v) is 3.50. The van der Waals surface area contributed by atoms with E-state index >= 15 is 0 Å². The van der Waals surface area contributed by atoms with Gasteiger partial charge >= 0.3 is 5.97 Å². The molecule has 0 aliphatic rings. The standard InChI is InChI=1S/C14H19N5O3S/c15-14(16)19-10-4-3-5-12(18-10)23-9-2-1-8-17-11(20)6-7-13(21)22/h3-7H,1-2,8-9H2,(H,17,20)(H,21,22)(H4,15,16,18,19)/b7-6-. The Bertz CT molecular complexity index is 592. The number of aliphatic carboxylic acids is 1. The van der Waals surface area contributed by atoms with Gasteiger partial charge in [0, 0.05) is 18.7 Å². The predicted molar refractivity (Wildman–Crippen MR) is 89.5 cm³/mol. The lowest BCUT2D eigenvalue weighted by molar-refractivity contribution is -0.131. The van der Waals surface area contributed by atoms with Gasteiger partial charge in [-0.25, -0.2) is 9.78 Å². The summed E-state index contributed by atoms with van der Waals surface area (Å²) in [5.74, 6) is -0.361. The molecule has 124 valence electrons. The van der Waals surface area contributed by atoms with Gasteiger partial charge in [-0.1, -0.05) is 6.07 Å². The number of pyridine rings is 1. The molecule has 23 heavy (non-hydrogen) atoms. The van der Waals surface area contributed by atoms with E-state index in [0.717, 1.165) is 35.8 Å². The van der Waals surface area contributed by atoms with E-state index in [4.69, 9.17) is 16.2 Å². The predicted octanol–water partition coefficient (Wildman–Crippen LogP) is 1.02. The van der Waals surface area contributed by atoms with Gasteiger partial charge in [0.25, 0.3) is 0 Å². The number of anilines is 1. The van der Waals surface area contributed by atoms with Gasteiger partial charge in [0.2, 0.25) is 5.91 Å². The summed E-state index contributed by atoms with van der Waals surface area (Å²) in [7, 11) is 0. The molecule has 1 aromatic rings. The Kier molecular flexibility index (Phi) is 8.22. The van der Waals surface area contributed by atoms with Crippen molar-refractivity contribution in [3.63, 3.8) is 0 Å². The maximum atomic E-state index is 11.2. The Morgan fingerprint density at radius 2 is 2.13 bits per heavy atom. The van der Waals surface area contributed by atoms with Crippen LogP contribution in [0.5, 0.6) is 0 Å². The zero-order valence-electron chi connectivity index (χ0n) is 12.4. The summed E-state index contributed by atoms with van der Waals surface area (Å²) in [4.78, 5) is 25.8. The van der Waals surface area contributed by atoms with Crippen LogP contribution in [0, 0.1) is 5.41 Å². The molecule has 0 unspecified atom stereocenters. The van der Waals surface area contributed by atoms with Crippen molar-refractivity contribution >= 4 is 35.4 Å². The molecule has 0 bridgehead atoms. The van der Waals surface area contributed by atoms with Crippen molar-refractivity contribution in [3.8, 4) is 0 Å². The molecule has 0 spiro atoms. The average Bonchev–Trinajstić information content (AvgIpc) is 2.48. The second kappa shape index (κ2) is 10.2. The monoisotopic (exact) mass is 337 g/mol. The molecule has 0 saturated carbocycles. The number of aromatic nitrogens is 1. The van der Waals surface area contributed by atoms with Gasteiger partial charge in [0.05, 0.1) is 5.03 Å². The molecule has 8 nitrogen and oxygen atoms in total. The second-order valence-corrected chi connectivity index (χ2v) is 5.53. The van der Waals surface area contributed by atoms with E-state index in [0.29, 0.717) is 12.4 Å². The van der Waals surface area contributed by atoms with Crippen molar-refractivity contribution in [1.29, 1.82) is 5.41 Å². The van der Waals surface area contributed by atoms with Crippen LogP contribution in [0.4, 0.5) is 5.82 Å². The SMILES string of the molecule is N=C(N)Nc1cccc(SCCCCNC(=O)/C=C\C(=O)O)n1. The molecule has 0 saturated heterocycles. The van der Waals surface area contributed by atoms with Gasteiger partial charge in [-0.05, 0) is 30.7 Å². The van der Waals surface area contributed by atoms with Crippen molar-refractivity contribution in [2.75, 3.05) is 17.6 Å². The van der Waals surface area contributed by atoms with Gasteiger partial charge in [-0.3, -0.25) is 10.2 Å². The van der Waals surface area contributed by atoms with Crippen molar-refractivity contribution in [2.24, 2.45) is 5.73 Å². The maximum Gasteiger partial charge on any atom is 0.328 e. The van der Waals surface area contributed by atoms with Gasteiger partial charge < -0.3 is 21.5 Å². The lowest BCUT2D eigenvalue weighted by Crippen LogP contribution is -2.22. The number of carbonyl (C=O) groups excluding carboxylic acids is 1. The smallest absolute Gasteiger partial charge is 0.328 e. The Balaban J connectivity index is 2.19. The highest BCUT2D eigenvalue weighted by atomic mass is 32.2. The molecule has 0 atom stereocenters. The fraction of sp³-hybridized carbons (Fsp3) is 0.286. The fourth-order valence-electron chi connectivity index (χ4n) is 1.52. The van der Waals surface area contributed by atoms with Gasteiger partial charge in [-0.15, -0.1) is 11.8 Å². The first-order valence-electron chi connectivity index (χ1n) is 6.87. The summed E-state index contributed by atoms with van der Waals surface area (Å²) < 4.78 is 0. The Morgan fingerprint density at radius 3 is 2.83 bits per heavy atom. The first-order valence-corrected chi connectivity index (χ1v) is 7.85. The molecule has 0 aromatic carbocycles. The minimum absolute atomic E-state index is 0.160. The number of nitrogens with zero attached hydrogens (tertiary/aromatic N) is 1. The molecule has 1 amide bonds. The Labute approximate surface area is 138 Å². The second-order valence-electron chi connectivity index (χ2n) is 4.42. The number of thioether (sulfide) groups is 1. The lowest BCUT2D eigenvalue weighted by Gasteiger charge is -2.05. The quantitative estimate of drug-likeness (QED) is 0.149. The van der Waals surface area contributed by atoms with Crippen LogP contribution in [0.3, 0.4) is 0 Å². The van der Waals surface area contributed by atoms with E-state index in [2.05, 4.69) is 15.6 Å². The van der Waals surface area contributed by atoms with Gasteiger partial charge in [-0.2, -0.15) is 0 Å². The van der Waals surface area contributed by atoms with Crippen LogP contribution in [0.1, 0.15) is 12.8 Å². The van der Waals surface area contributed by atoms with Crippen LogP contribution < -0.4 is 16.4 Å². The minimum Gasteiger partial charge on any atom is -0.478 e. The summed E-state index contributed by atoms with van der Waals surface area (Å²) in [6.07, 6.45) is 3.46. The molecule has 9 heteroatoms. The molecule has 1 aromatic heterocycles. The zero-order chi connectivity index (χ0) is 17.1. The summed E-state index contributed by atoms with van der Waals surface area (Å²) in [5.41, 5.74) is 5.25. The number of hydrogen-bond acceptors (Lipinski definition) is 5. The number of guanidine groups is 1. The fourth-order valence-corrected chi connectivity index (χ4v) is 2.42. The number of unbranched alkanes of at least 4 members (excludes halogenated alkanes) is 1. The summed E-state index contributed by atoms with van der Waals surface area (Å²) in [5, 5.41) is 21.6. The highest BCUT2D eigenvalue weighted by molar-refractivity contribution is 7.99. The van der Waals surface area contributed by atoms with Gasteiger partial charge in [0.15, 0.2) is 5.96 Å². The van der Waals surface area contributed by atoms with Crippen LogP contribution in [-0.4, -0.2) is 40.2 Å². The summed E-state index contributed by atoms with van der Waals surface area (Å²) >= 11 is 1.57. The van der Waals surface area contributed by atoms with Crippen molar-refractivity contribution < 1.29 is 14.7 Å². The van der Waals surface area contributed by atoms with Crippen molar-refractivity contribution in [3.05, 3.63) is 30.4 Å². The highest BCUT2D eigenvalue weighted by Crippen LogP contribution is 2.18. The number of amides is 1. The number of hydrogen-bond donors (Lipinski definition) is 5. The summed E-state index contributed by atoms with van der Waals surface area (Å²) in [6, 6.07) is 5.43. The largest absolute Gasteiger partial charge is 0.478 e. The summed E-state index contributed by atoms with van der Waals surface area (Å²) in [6.45, 7) is 0.489. The van der Waals surface area contributed by atoms with Crippen LogP contribution in [-0.2, 0) is 9.59 Å². The van der Waals surface area contributed by atoms with E-state index in [1.807, 2.05) is 12.1 Å².